The first-order valence-electron chi connectivity index (χ1n) is 18.9. The first-order valence-corrected chi connectivity index (χ1v) is 18.9. The number of carbonyl (C=O) groups is 2. The zero-order valence-electron chi connectivity index (χ0n) is 30.4. The van der Waals surface area contributed by atoms with Gasteiger partial charge >= 0.3 is 6.03 Å². The van der Waals surface area contributed by atoms with Crippen LogP contribution in [0.5, 0.6) is 5.88 Å². The van der Waals surface area contributed by atoms with Gasteiger partial charge in [-0.25, -0.2) is 19.7 Å². The number of aromatic nitrogens is 3. The number of urea groups is 1. The second kappa shape index (κ2) is 14.5. The van der Waals surface area contributed by atoms with Gasteiger partial charge in [0.15, 0.2) is 0 Å². The molecule has 2 aromatic heterocycles. The van der Waals surface area contributed by atoms with Gasteiger partial charge in [0.2, 0.25) is 17.7 Å². The van der Waals surface area contributed by atoms with Gasteiger partial charge in [-0.2, -0.15) is 0 Å². The Kier molecular flexibility index (Phi) is 9.07. The number of imide groups is 1. The second-order valence-corrected chi connectivity index (χ2v) is 14.4. The maximum absolute atomic E-state index is 12.2. The van der Waals surface area contributed by atoms with Gasteiger partial charge in [-0.3, -0.25) is 19.9 Å². The predicted molar refractivity (Wildman–Crippen MR) is 212 cm³/mol. The molecule has 3 saturated heterocycles. The topological polar surface area (TPSA) is 131 Å². The highest BCUT2D eigenvalue weighted by atomic mass is 16.5. The number of nitrogens with zero attached hydrogens (tertiary/aromatic N) is 7. The highest BCUT2D eigenvalue weighted by Crippen LogP contribution is 2.36. The molecule has 3 N–H and O–H groups in total. The van der Waals surface area contributed by atoms with Crippen LogP contribution < -0.4 is 35.4 Å². The molecule has 0 aliphatic carbocycles. The molecule has 0 atom stereocenters. The molecule has 3 aromatic carbocycles. The predicted octanol–water partition coefficient (Wildman–Crippen LogP) is 5.79. The molecule has 54 heavy (non-hydrogen) atoms. The first-order chi connectivity index (χ1) is 26.4. The number of amides is 3. The number of hydrogen-bond acceptors (Lipinski definition) is 11. The molecule has 276 valence electrons. The third kappa shape index (κ3) is 6.82. The minimum atomic E-state index is -0.347. The van der Waals surface area contributed by atoms with E-state index in [9.17, 15) is 9.59 Å². The van der Waals surface area contributed by atoms with E-state index in [-0.39, 0.29) is 11.9 Å². The van der Waals surface area contributed by atoms with Crippen molar-refractivity contribution >= 4 is 57.2 Å². The van der Waals surface area contributed by atoms with E-state index < -0.39 is 0 Å². The van der Waals surface area contributed by atoms with E-state index >= 15 is 0 Å². The minimum absolute atomic E-state index is 0.215. The van der Waals surface area contributed by atoms with Crippen molar-refractivity contribution < 1.29 is 14.3 Å². The maximum Gasteiger partial charge on any atom is 0.328 e. The van der Waals surface area contributed by atoms with Crippen molar-refractivity contribution in [2.75, 3.05) is 84.3 Å². The van der Waals surface area contributed by atoms with Crippen molar-refractivity contribution in [2.24, 2.45) is 0 Å². The Balaban J connectivity index is 0.772. The summed E-state index contributed by atoms with van der Waals surface area (Å²) in [5, 5.41) is 10.2. The molecule has 0 bridgehead atoms. The lowest BCUT2D eigenvalue weighted by Crippen LogP contribution is -2.53. The van der Waals surface area contributed by atoms with Crippen molar-refractivity contribution in [3.63, 3.8) is 0 Å². The number of rotatable bonds is 7. The maximum atomic E-state index is 12.2. The van der Waals surface area contributed by atoms with Crippen LogP contribution in [0, 0.1) is 6.92 Å². The number of benzene rings is 3. The van der Waals surface area contributed by atoms with E-state index in [1.807, 2.05) is 24.5 Å². The van der Waals surface area contributed by atoms with E-state index in [1.165, 1.54) is 11.4 Å². The van der Waals surface area contributed by atoms with Crippen LogP contribution in [-0.2, 0) is 4.79 Å². The Bertz CT molecular complexity index is 2180. The number of hydrogen-bond donors (Lipinski definition) is 3. The second-order valence-electron chi connectivity index (χ2n) is 14.4. The molecular weight excluding hydrogens is 681 g/mol. The van der Waals surface area contributed by atoms with Crippen LogP contribution in [0.15, 0.2) is 79.1 Å². The summed E-state index contributed by atoms with van der Waals surface area (Å²) < 4.78 is 5.72. The van der Waals surface area contributed by atoms with Gasteiger partial charge in [0.1, 0.15) is 12.3 Å². The van der Waals surface area contributed by atoms with E-state index in [0.29, 0.717) is 37.4 Å². The van der Waals surface area contributed by atoms with E-state index in [1.54, 1.807) is 4.90 Å². The summed E-state index contributed by atoms with van der Waals surface area (Å²) in [6, 6.07) is 23.2. The fourth-order valence-corrected chi connectivity index (χ4v) is 8.14. The van der Waals surface area contributed by atoms with Gasteiger partial charge in [0, 0.05) is 111 Å². The number of fused-ring (bicyclic) bond motifs is 2. The van der Waals surface area contributed by atoms with Gasteiger partial charge in [-0.15, -0.1) is 0 Å². The zero-order chi connectivity index (χ0) is 36.6. The lowest BCUT2D eigenvalue weighted by atomic mass is 10.00. The molecule has 3 fully saturated rings. The van der Waals surface area contributed by atoms with Crippen molar-refractivity contribution in [1.29, 1.82) is 0 Å². The normalized spacial score (nSPS) is 18.2. The van der Waals surface area contributed by atoms with Gasteiger partial charge in [0.05, 0.1) is 5.52 Å². The van der Waals surface area contributed by atoms with Crippen molar-refractivity contribution in [3.05, 3.63) is 84.7 Å². The van der Waals surface area contributed by atoms with Crippen LogP contribution >= 0.6 is 0 Å². The molecule has 0 radical (unpaired) electrons. The third-order valence-electron chi connectivity index (χ3n) is 11.2. The number of piperazine rings is 1. The Hall–Kier alpha value is -5.95. The van der Waals surface area contributed by atoms with Crippen molar-refractivity contribution in [3.8, 4) is 17.0 Å². The molecule has 13 heteroatoms. The van der Waals surface area contributed by atoms with Gasteiger partial charge < -0.3 is 25.2 Å². The molecule has 6 heterocycles. The minimum Gasteiger partial charge on any atom is -0.474 e. The Morgan fingerprint density at radius 1 is 0.796 bits per heavy atom. The number of ether oxygens (including phenoxy) is 1. The molecule has 4 aliphatic rings. The van der Waals surface area contributed by atoms with E-state index in [2.05, 4.69) is 102 Å². The molecule has 5 aromatic rings. The molecule has 3 amide bonds. The monoisotopic (exact) mass is 724 g/mol. The SMILES string of the molecule is Cc1c(-c2ccc3cnc(Nc4ccc(N5CCN(C6CCN(c7ccc(N8CCC(=O)NC8=O)cc7)CC6)CC5)cc4)nc3c2)cnc2c1NCCO2. The standard InChI is InChI=1S/C41H44N10O3/c1-27-35(26-43-39-38(27)42-15-23-54-39)28-2-3-29-25-44-40(46-36(29)24-28)45-30-4-6-31(7-5-30)49-19-21-50(22-20-49)33-12-16-48(17-13-33)32-8-10-34(11-9-32)51-18-14-37(52)47-41(51)53/h2-11,24-26,33,42H,12-23H2,1H3,(H,44,45,46)(H,47,52,53). The molecule has 9 rings (SSSR count). The highest BCUT2D eigenvalue weighted by molar-refractivity contribution is 6.05. The molecule has 4 aliphatic heterocycles. The van der Waals surface area contributed by atoms with E-state index in [0.717, 1.165) is 103 Å². The third-order valence-corrected chi connectivity index (χ3v) is 11.2. The summed E-state index contributed by atoms with van der Waals surface area (Å²) in [5.41, 5.74) is 9.21. The van der Waals surface area contributed by atoms with Crippen LogP contribution in [0.25, 0.3) is 22.0 Å². The number of carbonyl (C=O) groups excluding carboxylic acids is 2. The molecule has 0 unspecified atom stereocenters. The zero-order valence-corrected chi connectivity index (χ0v) is 30.4. The lowest BCUT2D eigenvalue weighted by molar-refractivity contribution is -0.120. The van der Waals surface area contributed by atoms with Crippen LogP contribution in [0.2, 0.25) is 0 Å². The quantitative estimate of drug-likeness (QED) is 0.189. The summed E-state index contributed by atoms with van der Waals surface area (Å²) in [6.45, 7) is 10.0. The van der Waals surface area contributed by atoms with Crippen LogP contribution in [-0.4, -0.2) is 96.8 Å². The molecule has 0 saturated carbocycles. The molecule has 0 spiro atoms. The smallest absolute Gasteiger partial charge is 0.328 e. The van der Waals surface area contributed by atoms with Crippen LogP contribution in [0.4, 0.5) is 39.2 Å². The average molecular weight is 725 g/mol. The number of anilines is 6. The van der Waals surface area contributed by atoms with E-state index in [4.69, 9.17) is 9.72 Å². The molecule has 13 nitrogen and oxygen atoms in total. The highest BCUT2D eigenvalue weighted by Gasteiger charge is 2.29. The van der Waals surface area contributed by atoms with Gasteiger partial charge in [-0.1, -0.05) is 12.1 Å². The average Bonchev–Trinajstić information content (AvgIpc) is 3.21. The Morgan fingerprint density at radius 3 is 2.28 bits per heavy atom. The van der Waals surface area contributed by atoms with Gasteiger partial charge in [-0.05, 0) is 85.5 Å². The summed E-state index contributed by atoms with van der Waals surface area (Å²) in [4.78, 5) is 46.9. The van der Waals surface area contributed by atoms with Gasteiger partial charge in [0.25, 0.3) is 0 Å². The first kappa shape index (κ1) is 33.9. The summed E-state index contributed by atoms with van der Waals surface area (Å²) in [6.07, 6.45) is 6.33. The summed E-state index contributed by atoms with van der Waals surface area (Å²) in [7, 11) is 0. The summed E-state index contributed by atoms with van der Waals surface area (Å²) >= 11 is 0. The number of nitrogens with one attached hydrogen (secondary N) is 3. The largest absolute Gasteiger partial charge is 0.474 e. The van der Waals surface area contributed by atoms with Crippen molar-refractivity contribution in [1.82, 2.24) is 25.2 Å². The molecular formula is C41H44N10O3. The Labute approximate surface area is 314 Å². The fourth-order valence-electron chi connectivity index (χ4n) is 8.14. The lowest BCUT2D eigenvalue weighted by Gasteiger charge is -2.44. The number of piperidine rings is 1. The summed E-state index contributed by atoms with van der Waals surface area (Å²) in [5.74, 6) is 1.00. The number of pyridine rings is 1. The Morgan fingerprint density at radius 2 is 1.52 bits per heavy atom. The van der Waals surface area contributed by atoms with Crippen LogP contribution in [0.3, 0.4) is 0 Å². The van der Waals surface area contributed by atoms with Crippen LogP contribution in [0.1, 0.15) is 24.8 Å². The fraction of sp³-hybridized carbons (Fsp3) is 0.341. The van der Waals surface area contributed by atoms with Crippen molar-refractivity contribution in [2.45, 2.75) is 32.2 Å².